The first kappa shape index (κ1) is 6.72. The van der Waals surface area contributed by atoms with Crippen LogP contribution in [0, 0.1) is 11.8 Å². The van der Waals surface area contributed by atoms with Crippen molar-refractivity contribution in [2.45, 2.75) is 19.1 Å². The molecule has 1 N–H and O–H groups in total. The quantitative estimate of drug-likeness (QED) is 0.583. The van der Waals surface area contributed by atoms with E-state index in [0.717, 1.165) is 18.4 Å². The van der Waals surface area contributed by atoms with Gasteiger partial charge in [0.2, 0.25) is 0 Å². The fraction of sp³-hybridized carbons (Fsp3) is 0.600. The Morgan fingerprint density at radius 2 is 2.50 bits per heavy atom. The van der Waals surface area contributed by atoms with Gasteiger partial charge in [0.25, 0.3) is 0 Å². The molecule has 3 atom stereocenters. The van der Waals surface area contributed by atoms with Gasteiger partial charge in [-0.3, -0.25) is 0 Å². The van der Waals surface area contributed by atoms with Crippen LogP contribution in [0.2, 0.25) is 0 Å². The van der Waals surface area contributed by atoms with Gasteiger partial charge in [-0.1, -0.05) is 12.2 Å². The first-order valence-corrected chi connectivity index (χ1v) is 4.70. The molecule has 64 valence electrons. The van der Waals surface area contributed by atoms with Crippen molar-refractivity contribution < 1.29 is 4.74 Å². The van der Waals surface area contributed by atoms with Gasteiger partial charge in [0.05, 0.1) is 0 Å². The molecule has 2 saturated heterocycles. The van der Waals surface area contributed by atoms with Gasteiger partial charge >= 0.3 is 0 Å². The van der Waals surface area contributed by atoms with Crippen molar-refractivity contribution in [1.82, 2.24) is 5.32 Å². The summed E-state index contributed by atoms with van der Waals surface area (Å²) in [7, 11) is 0. The van der Waals surface area contributed by atoms with Crippen LogP contribution in [0.4, 0.5) is 0 Å². The zero-order chi connectivity index (χ0) is 7.97. The molecule has 2 aliphatic heterocycles. The molecule has 0 spiro atoms. The van der Waals surface area contributed by atoms with E-state index in [-0.39, 0.29) is 0 Å². The highest BCUT2D eigenvalue weighted by Gasteiger charge is 2.42. The average Bonchev–Trinajstić information content (AvgIpc) is 2.62. The molecule has 0 aromatic rings. The molecule has 0 aromatic carbocycles. The van der Waals surface area contributed by atoms with Crippen molar-refractivity contribution in [2.24, 2.45) is 11.8 Å². The first-order valence-electron chi connectivity index (χ1n) is 4.70. The molecular formula is C10H13NO. The van der Waals surface area contributed by atoms with Crippen LogP contribution in [-0.4, -0.2) is 12.8 Å². The lowest BCUT2D eigenvalue weighted by Crippen LogP contribution is -2.23. The Balaban J connectivity index is 1.91. The maximum Gasteiger partial charge on any atom is 0.131 e. The maximum atomic E-state index is 5.59. The van der Waals surface area contributed by atoms with E-state index < -0.39 is 0 Å². The van der Waals surface area contributed by atoms with Crippen LogP contribution in [0.3, 0.4) is 0 Å². The molecule has 3 aliphatic rings. The monoisotopic (exact) mass is 163 g/mol. The van der Waals surface area contributed by atoms with Crippen LogP contribution in [0.5, 0.6) is 0 Å². The fourth-order valence-corrected chi connectivity index (χ4v) is 2.54. The highest BCUT2D eigenvalue weighted by molar-refractivity contribution is 5.25. The molecule has 2 nitrogen and oxygen atoms in total. The minimum absolute atomic E-state index is 0.321. The minimum Gasteiger partial charge on any atom is -0.363 e. The van der Waals surface area contributed by atoms with Crippen molar-refractivity contribution >= 4 is 0 Å². The molecule has 0 aromatic heterocycles. The summed E-state index contributed by atoms with van der Waals surface area (Å²) in [5.41, 5.74) is 1.40. The van der Waals surface area contributed by atoms with Crippen LogP contribution in [0.25, 0.3) is 0 Å². The summed E-state index contributed by atoms with van der Waals surface area (Å²) in [5.74, 6) is 1.46. The summed E-state index contributed by atoms with van der Waals surface area (Å²) in [6, 6.07) is 0. The third kappa shape index (κ3) is 0.787. The van der Waals surface area contributed by atoms with E-state index in [2.05, 4.69) is 23.5 Å². The summed E-state index contributed by atoms with van der Waals surface area (Å²) in [6.45, 7) is 0.940. The first-order chi connectivity index (χ1) is 5.95. The lowest BCUT2D eigenvalue weighted by molar-refractivity contribution is 0.0849. The summed E-state index contributed by atoms with van der Waals surface area (Å²) in [6.07, 6.45) is 9.34. The number of ether oxygens (including phenoxy) is 1. The Morgan fingerprint density at radius 1 is 1.50 bits per heavy atom. The van der Waals surface area contributed by atoms with Crippen LogP contribution in [-0.2, 0) is 4.74 Å². The van der Waals surface area contributed by atoms with Gasteiger partial charge in [0.1, 0.15) is 6.23 Å². The molecule has 12 heavy (non-hydrogen) atoms. The number of nitrogens with one attached hydrogen (secondary N) is 1. The zero-order valence-electron chi connectivity index (χ0n) is 6.99. The summed E-state index contributed by atoms with van der Waals surface area (Å²) < 4.78 is 5.59. The van der Waals surface area contributed by atoms with E-state index in [0.29, 0.717) is 6.23 Å². The van der Waals surface area contributed by atoms with Crippen LogP contribution < -0.4 is 5.32 Å². The predicted octanol–water partition coefficient (Wildman–Crippen LogP) is 1.41. The van der Waals surface area contributed by atoms with Gasteiger partial charge in [0, 0.05) is 24.1 Å². The summed E-state index contributed by atoms with van der Waals surface area (Å²) in [4.78, 5) is 0. The number of fused-ring (bicyclic) bond motifs is 3. The van der Waals surface area contributed by atoms with Gasteiger partial charge in [-0.05, 0) is 18.9 Å². The highest BCUT2D eigenvalue weighted by Crippen LogP contribution is 2.40. The molecule has 2 fully saturated rings. The second-order valence-electron chi connectivity index (χ2n) is 3.78. The molecule has 0 amide bonds. The van der Waals surface area contributed by atoms with Crippen molar-refractivity contribution in [2.75, 3.05) is 6.61 Å². The van der Waals surface area contributed by atoms with E-state index in [1.807, 2.05) is 0 Å². The normalized spacial score (nSPS) is 43.3. The largest absolute Gasteiger partial charge is 0.363 e. The van der Waals surface area contributed by atoms with Crippen LogP contribution in [0.1, 0.15) is 12.8 Å². The van der Waals surface area contributed by atoms with E-state index in [4.69, 9.17) is 4.74 Å². The molecule has 0 bridgehead atoms. The predicted molar refractivity (Wildman–Crippen MR) is 46.3 cm³/mol. The summed E-state index contributed by atoms with van der Waals surface area (Å²) >= 11 is 0. The SMILES string of the molecule is C1=CCC2C(=C1)NC1OCCC12. The Bertz CT molecular complexity index is 257. The number of hydrogen-bond acceptors (Lipinski definition) is 2. The third-order valence-corrected chi connectivity index (χ3v) is 3.16. The van der Waals surface area contributed by atoms with Crippen molar-refractivity contribution in [3.8, 4) is 0 Å². The topological polar surface area (TPSA) is 21.3 Å². The standard InChI is InChI=1S/C10H13NO/c1-2-4-9-7(3-1)8-5-6-12-10(8)11-9/h1-2,4,7-8,10-11H,3,5-6H2. The van der Waals surface area contributed by atoms with Gasteiger partial charge in [-0.2, -0.15) is 0 Å². The van der Waals surface area contributed by atoms with Crippen molar-refractivity contribution in [3.63, 3.8) is 0 Å². The molecular weight excluding hydrogens is 150 g/mol. The van der Waals surface area contributed by atoms with Crippen molar-refractivity contribution in [1.29, 1.82) is 0 Å². The Labute approximate surface area is 72.3 Å². The molecule has 1 aliphatic carbocycles. The number of allylic oxidation sites excluding steroid dienone is 4. The average molecular weight is 163 g/mol. The highest BCUT2D eigenvalue weighted by atomic mass is 16.5. The number of hydrogen-bond donors (Lipinski definition) is 1. The van der Waals surface area contributed by atoms with Crippen LogP contribution in [0.15, 0.2) is 23.9 Å². The van der Waals surface area contributed by atoms with Crippen molar-refractivity contribution in [3.05, 3.63) is 23.9 Å². The second-order valence-corrected chi connectivity index (χ2v) is 3.78. The van der Waals surface area contributed by atoms with E-state index in [9.17, 15) is 0 Å². The number of rotatable bonds is 0. The zero-order valence-corrected chi connectivity index (χ0v) is 6.99. The molecule has 3 unspecified atom stereocenters. The lowest BCUT2D eigenvalue weighted by atomic mass is 9.86. The molecule has 2 heteroatoms. The molecule has 0 saturated carbocycles. The Kier molecular flexibility index (Phi) is 1.32. The Morgan fingerprint density at radius 3 is 3.50 bits per heavy atom. The molecule has 0 radical (unpaired) electrons. The summed E-state index contributed by atoms with van der Waals surface area (Å²) in [5, 5.41) is 3.44. The van der Waals surface area contributed by atoms with E-state index in [1.54, 1.807) is 0 Å². The van der Waals surface area contributed by atoms with E-state index >= 15 is 0 Å². The maximum absolute atomic E-state index is 5.59. The molecule has 2 heterocycles. The van der Waals surface area contributed by atoms with Gasteiger partial charge in [-0.25, -0.2) is 0 Å². The van der Waals surface area contributed by atoms with E-state index in [1.165, 1.54) is 18.5 Å². The van der Waals surface area contributed by atoms with Crippen LogP contribution >= 0.6 is 0 Å². The molecule has 3 rings (SSSR count). The second kappa shape index (κ2) is 2.36. The van der Waals surface area contributed by atoms with Gasteiger partial charge in [0.15, 0.2) is 0 Å². The third-order valence-electron chi connectivity index (χ3n) is 3.16. The minimum atomic E-state index is 0.321. The van der Waals surface area contributed by atoms with Gasteiger partial charge < -0.3 is 10.1 Å². The Hall–Kier alpha value is -0.760. The fourth-order valence-electron chi connectivity index (χ4n) is 2.54. The van der Waals surface area contributed by atoms with Gasteiger partial charge in [-0.15, -0.1) is 0 Å². The lowest BCUT2D eigenvalue weighted by Gasteiger charge is -2.16. The smallest absolute Gasteiger partial charge is 0.131 e.